The van der Waals surface area contributed by atoms with Crippen molar-refractivity contribution in [1.82, 2.24) is 0 Å². The monoisotopic (exact) mass is 261 g/mol. The van der Waals surface area contributed by atoms with Gasteiger partial charge in [-0.2, -0.15) is 0 Å². The van der Waals surface area contributed by atoms with Crippen LogP contribution in [0.1, 0.15) is 52.2 Å². The van der Waals surface area contributed by atoms with Gasteiger partial charge in [0.2, 0.25) is 0 Å². The van der Waals surface area contributed by atoms with Crippen LogP contribution in [0.3, 0.4) is 0 Å². The molecule has 106 valence electrons. The lowest BCUT2D eigenvalue weighted by molar-refractivity contribution is -0.000759. The molecule has 1 aliphatic rings. The molecule has 1 aliphatic heterocycles. The molecule has 0 fully saturated rings. The Labute approximate surface area is 117 Å². The molecule has 2 rings (SSSR count). The third-order valence-electron chi connectivity index (χ3n) is 3.60. The van der Waals surface area contributed by atoms with Crippen molar-refractivity contribution < 1.29 is 4.84 Å². The second-order valence-corrected chi connectivity index (χ2v) is 5.72. The smallest absolute Gasteiger partial charge is 0.138 e. The van der Waals surface area contributed by atoms with Gasteiger partial charge in [0, 0.05) is 11.8 Å². The van der Waals surface area contributed by atoms with Crippen LogP contribution in [0.15, 0.2) is 29.4 Å². The Morgan fingerprint density at radius 1 is 1.21 bits per heavy atom. The fourth-order valence-corrected chi connectivity index (χ4v) is 2.33. The van der Waals surface area contributed by atoms with Crippen LogP contribution in [-0.4, -0.2) is 11.8 Å². The summed E-state index contributed by atoms with van der Waals surface area (Å²) in [6, 6.07) is 8.57. The van der Waals surface area contributed by atoms with Crippen LogP contribution in [0.25, 0.3) is 0 Å². The minimum atomic E-state index is 0.118. The van der Waals surface area contributed by atoms with Crippen molar-refractivity contribution in [3.63, 3.8) is 0 Å². The molecule has 2 heteroatoms. The van der Waals surface area contributed by atoms with Crippen LogP contribution in [0, 0.1) is 12.3 Å². The van der Waals surface area contributed by atoms with Gasteiger partial charge in [-0.05, 0) is 31.4 Å². The van der Waals surface area contributed by atoms with Crippen LogP contribution in [0.4, 0.5) is 0 Å². The minimum absolute atomic E-state index is 0.118. The molecule has 0 N–H and O–H groups in total. The third-order valence-corrected chi connectivity index (χ3v) is 3.60. The molecule has 2 nitrogen and oxygen atoms in total. The molecule has 1 atom stereocenters. The molecule has 19 heavy (non-hydrogen) atoms. The van der Waals surface area contributed by atoms with Crippen molar-refractivity contribution in [3.8, 4) is 0 Å². The van der Waals surface area contributed by atoms with Crippen molar-refractivity contribution in [2.75, 3.05) is 0 Å². The zero-order chi connectivity index (χ0) is 14.5. The molecule has 0 saturated carbocycles. The number of hydrogen-bond donors (Lipinski definition) is 0. The molecule has 0 radical (unpaired) electrons. The van der Waals surface area contributed by atoms with E-state index in [9.17, 15) is 0 Å². The normalized spacial score (nSPS) is 18.2. The Hall–Kier alpha value is -1.31. The molecule has 0 saturated heterocycles. The summed E-state index contributed by atoms with van der Waals surface area (Å²) in [6.07, 6.45) is 2.20. The van der Waals surface area contributed by atoms with E-state index in [0.29, 0.717) is 0 Å². The highest BCUT2D eigenvalue weighted by Crippen LogP contribution is 2.33. The molecule has 0 amide bonds. The highest BCUT2D eigenvalue weighted by Gasteiger charge is 2.35. The Morgan fingerprint density at radius 3 is 2.37 bits per heavy atom. The van der Waals surface area contributed by atoms with E-state index >= 15 is 0 Å². The first-order chi connectivity index (χ1) is 8.99. The van der Waals surface area contributed by atoms with Gasteiger partial charge in [-0.25, -0.2) is 0 Å². The van der Waals surface area contributed by atoms with Gasteiger partial charge in [-0.15, -0.1) is 0 Å². The quantitative estimate of drug-likeness (QED) is 0.769. The fourth-order valence-electron chi connectivity index (χ4n) is 2.33. The molecule has 1 unspecified atom stereocenters. The van der Waals surface area contributed by atoms with Gasteiger partial charge < -0.3 is 4.84 Å². The summed E-state index contributed by atoms with van der Waals surface area (Å²) in [6.45, 7) is 12.7. The van der Waals surface area contributed by atoms with Gasteiger partial charge in [-0.1, -0.05) is 57.1 Å². The van der Waals surface area contributed by atoms with E-state index in [4.69, 9.17) is 4.84 Å². The standard InChI is InChI=1S/C15H21NO.C2H6/c1-11-7-5-6-8-13(11)10-15(3,4)14-9-12(2)16-17-14;1-2/h5-8,14H,9-10H2,1-4H3;1-2H3. The highest BCUT2D eigenvalue weighted by molar-refractivity contribution is 5.82. The van der Waals surface area contributed by atoms with Gasteiger partial charge in [-0.3, -0.25) is 0 Å². The SMILES string of the molecule is CC.CC1=NOC(C(C)(C)Cc2ccccc2C)C1. The summed E-state index contributed by atoms with van der Waals surface area (Å²) in [4.78, 5) is 5.53. The first-order valence-corrected chi connectivity index (χ1v) is 7.23. The number of aryl methyl sites for hydroxylation is 1. The number of rotatable bonds is 3. The lowest BCUT2D eigenvalue weighted by Gasteiger charge is -2.30. The number of hydrogen-bond acceptors (Lipinski definition) is 2. The number of nitrogens with zero attached hydrogens (tertiary/aromatic N) is 1. The molecular formula is C17H27NO. The molecular weight excluding hydrogens is 234 g/mol. The zero-order valence-corrected chi connectivity index (χ0v) is 13.2. The Kier molecular flexibility index (Phi) is 5.59. The summed E-state index contributed by atoms with van der Waals surface area (Å²) in [7, 11) is 0. The Balaban J connectivity index is 0.000000861. The average Bonchev–Trinajstić information content (AvgIpc) is 2.82. The van der Waals surface area contributed by atoms with E-state index < -0.39 is 0 Å². The largest absolute Gasteiger partial charge is 0.392 e. The highest BCUT2D eigenvalue weighted by atomic mass is 16.6. The summed E-state index contributed by atoms with van der Waals surface area (Å²) < 4.78 is 0. The van der Waals surface area contributed by atoms with Crippen molar-refractivity contribution in [1.29, 1.82) is 0 Å². The first-order valence-electron chi connectivity index (χ1n) is 7.23. The number of benzene rings is 1. The van der Waals surface area contributed by atoms with Gasteiger partial charge in [0.05, 0.1) is 5.71 Å². The maximum absolute atomic E-state index is 5.53. The van der Waals surface area contributed by atoms with Gasteiger partial charge >= 0.3 is 0 Å². The van der Waals surface area contributed by atoms with Crippen LogP contribution >= 0.6 is 0 Å². The Morgan fingerprint density at radius 2 is 1.84 bits per heavy atom. The van der Waals surface area contributed by atoms with Crippen LogP contribution in [0.5, 0.6) is 0 Å². The van der Waals surface area contributed by atoms with E-state index in [0.717, 1.165) is 18.6 Å². The lowest BCUT2D eigenvalue weighted by atomic mass is 9.78. The lowest BCUT2D eigenvalue weighted by Crippen LogP contribution is -2.31. The van der Waals surface area contributed by atoms with Gasteiger partial charge in [0.1, 0.15) is 6.10 Å². The van der Waals surface area contributed by atoms with Crippen LogP contribution in [0.2, 0.25) is 0 Å². The number of oxime groups is 1. The van der Waals surface area contributed by atoms with E-state index in [1.807, 2.05) is 20.8 Å². The predicted molar refractivity (Wildman–Crippen MR) is 82.6 cm³/mol. The second-order valence-electron chi connectivity index (χ2n) is 5.72. The molecule has 0 aliphatic carbocycles. The molecule has 0 aromatic heterocycles. The molecule has 0 spiro atoms. The van der Waals surface area contributed by atoms with E-state index in [1.165, 1.54) is 11.1 Å². The topological polar surface area (TPSA) is 21.6 Å². The van der Waals surface area contributed by atoms with E-state index in [2.05, 4.69) is 50.2 Å². The second kappa shape index (κ2) is 6.74. The van der Waals surface area contributed by atoms with E-state index in [-0.39, 0.29) is 11.5 Å². The van der Waals surface area contributed by atoms with E-state index in [1.54, 1.807) is 0 Å². The summed E-state index contributed by atoms with van der Waals surface area (Å²) >= 11 is 0. The predicted octanol–water partition coefficient (Wildman–Crippen LogP) is 4.75. The zero-order valence-electron chi connectivity index (χ0n) is 13.2. The molecule has 1 aromatic rings. The maximum Gasteiger partial charge on any atom is 0.138 e. The summed E-state index contributed by atoms with van der Waals surface area (Å²) in [5, 5.41) is 4.06. The fraction of sp³-hybridized carbons (Fsp3) is 0.588. The summed E-state index contributed by atoms with van der Waals surface area (Å²) in [5.41, 5.74) is 3.99. The molecule has 1 aromatic carbocycles. The van der Waals surface area contributed by atoms with Gasteiger partial charge in [0.15, 0.2) is 0 Å². The van der Waals surface area contributed by atoms with Crippen LogP contribution < -0.4 is 0 Å². The Bertz CT molecular complexity index is 435. The molecule has 1 heterocycles. The van der Waals surface area contributed by atoms with Crippen molar-refractivity contribution in [3.05, 3.63) is 35.4 Å². The average molecular weight is 261 g/mol. The molecule has 0 bridgehead atoms. The maximum atomic E-state index is 5.53. The van der Waals surface area contributed by atoms with Crippen molar-refractivity contribution >= 4 is 5.71 Å². The third kappa shape index (κ3) is 4.09. The van der Waals surface area contributed by atoms with Crippen molar-refractivity contribution in [2.24, 2.45) is 10.6 Å². The van der Waals surface area contributed by atoms with Gasteiger partial charge in [0.25, 0.3) is 0 Å². The first kappa shape index (κ1) is 15.7. The van der Waals surface area contributed by atoms with Crippen molar-refractivity contribution in [2.45, 2.75) is 60.5 Å². The van der Waals surface area contributed by atoms with Crippen LogP contribution in [-0.2, 0) is 11.3 Å². The summed E-state index contributed by atoms with van der Waals surface area (Å²) in [5.74, 6) is 0. The minimum Gasteiger partial charge on any atom is -0.392 e.